The number of hydrogen-bond acceptors (Lipinski definition) is 2. The van der Waals surface area contributed by atoms with Gasteiger partial charge in [-0.15, -0.1) is 0 Å². The number of nitrogens with one attached hydrogen (secondary N) is 1. The summed E-state index contributed by atoms with van der Waals surface area (Å²) in [6.07, 6.45) is 1.50. The highest BCUT2D eigenvalue weighted by atomic mass is 79.9. The molecule has 2 unspecified atom stereocenters. The van der Waals surface area contributed by atoms with Gasteiger partial charge in [-0.1, -0.05) is 15.9 Å². The number of hydrogen-bond donors (Lipinski definition) is 1. The van der Waals surface area contributed by atoms with E-state index in [4.69, 9.17) is 0 Å². The summed E-state index contributed by atoms with van der Waals surface area (Å²) in [6.45, 7) is 4.95. The maximum absolute atomic E-state index is 11.9. The van der Waals surface area contributed by atoms with Crippen LogP contribution in [-0.2, 0) is 11.2 Å². The molecule has 2 atom stereocenters. The zero-order chi connectivity index (χ0) is 12.4. The van der Waals surface area contributed by atoms with Gasteiger partial charge in [0.2, 0.25) is 5.91 Å². The predicted molar refractivity (Wildman–Crippen MR) is 70.1 cm³/mol. The van der Waals surface area contributed by atoms with Gasteiger partial charge >= 0.3 is 0 Å². The van der Waals surface area contributed by atoms with E-state index in [1.165, 1.54) is 0 Å². The number of amides is 1. The third kappa shape index (κ3) is 2.89. The minimum absolute atomic E-state index is 0.231. The number of likely N-dealkylation sites (tertiary alicyclic amines) is 1. The summed E-state index contributed by atoms with van der Waals surface area (Å²) in [5.41, 5.74) is 2.10. The first-order chi connectivity index (χ1) is 8.10. The average molecular weight is 300 g/mol. The molecule has 0 spiro atoms. The fourth-order valence-corrected chi connectivity index (χ4v) is 2.76. The van der Waals surface area contributed by atoms with Crippen molar-refractivity contribution in [1.29, 1.82) is 0 Å². The summed E-state index contributed by atoms with van der Waals surface area (Å²) < 4.78 is 0. The fourth-order valence-electron chi connectivity index (χ4n) is 2.33. The highest BCUT2D eigenvalue weighted by Gasteiger charge is 2.31. The van der Waals surface area contributed by atoms with Crippen LogP contribution in [0.25, 0.3) is 0 Å². The lowest BCUT2D eigenvalue weighted by atomic mass is 10.1. The summed E-state index contributed by atoms with van der Waals surface area (Å²) in [5, 5.41) is 8.06. The van der Waals surface area contributed by atoms with E-state index in [1.807, 2.05) is 17.9 Å². The lowest BCUT2D eigenvalue weighted by Crippen LogP contribution is -2.36. The molecule has 1 aromatic rings. The summed E-state index contributed by atoms with van der Waals surface area (Å²) in [7, 11) is 0. The van der Waals surface area contributed by atoms with E-state index < -0.39 is 0 Å². The van der Waals surface area contributed by atoms with Gasteiger partial charge in [0.25, 0.3) is 0 Å². The third-order valence-electron chi connectivity index (χ3n) is 3.25. The van der Waals surface area contributed by atoms with Crippen LogP contribution in [-0.4, -0.2) is 38.9 Å². The number of carbonyl (C=O) groups excluding carboxylic acids is 1. The molecule has 0 aromatic carbocycles. The monoisotopic (exact) mass is 299 g/mol. The zero-order valence-electron chi connectivity index (χ0n) is 10.2. The standard InChI is InChI=1S/C12H18BrN3O/c1-8-3-11(15-14-8)4-9(2)16-7-10(6-13)5-12(16)17/h3,9-10H,4-7H2,1-2H3,(H,14,15). The Bertz CT molecular complexity index is 404. The van der Waals surface area contributed by atoms with Crippen LogP contribution in [0.4, 0.5) is 0 Å². The van der Waals surface area contributed by atoms with E-state index >= 15 is 0 Å². The molecule has 5 heteroatoms. The molecule has 1 saturated heterocycles. The van der Waals surface area contributed by atoms with Crippen LogP contribution in [0.1, 0.15) is 24.7 Å². The number of aryl methyl sites for hydroxylation is 1. The van der Waals surface area contributed by atoms with Crippen molar-refractivity contribution in [3.8, 4) is 0 Å². The maximum atomic E-state index is 11.9. The second-order valence-electron chi connectivity index (χ2n) is 4.87. The molecule has 17 heavy (non-hydrogen) atoms. The molecular weight excluding hydrogens is 282 g/mol. The van der Waals surface area contributed by atoms with Gasteiger partial charge in [-0.05, 0) is 25.8 Å². The van der Waals surface area contributed by atoms with Crippen LogP contribution in [0, 0.1) is 12.8 Å². The smallest absolute Gasteiger partial charge is 0.223 e. The van der Waals surface area contributed by atoms with Crippen molar-refractivity contribution in [2.24, 2.45) is 5.92 Å². The molecule has 1 fully saturated rings. The molecule has 2 heterocycles. The lowest BCUT2D eigenvalue weighted by molar-refractivity contribution is -0.129. The number of rotatable bonds is 4. The highest BCUT2D eigenvalue weighted by molar-refractivity contribution is 9.09. The quantitative estimate of drug-likeness (QED) is 0.863. The van der Waals surface area contributed by atoms with E-state index in [0.717, 1.165) is 29.7 Å². The Morgan fingerprint density at radius 1 is 1.71 bits per heavy atom. The van der Waals surface area contributed by atoms with Crippen molar-refractivity contribution in [1.82, 2.24) is 15.1 Å². The van der Waals surface area contributed by atoms with Crippen molar-refractivity contribution in [2.75, 3.05) is 11.9 Å². The van der Waals surface area contributed by atoms with Crippen molar-refractivity contribution >= 4 is 21.8 Å². The number of H-pyrrole nitrogens is 1. The average Bonchev–Trinajstić information content (AvgIpc) is 2.85. The normalized spacial score (nSPS) is 22.2. The fraction of sp³-hybridized carbons (Fsp3) is 0.667. The number of carbonyl (C=O) groups is 1. The molecule has 1 aliphatic rings. The van der Waals surface area contributed by atoms with E-state index in [2.05, 4.69) is 33.1 Å². The van der Waals surface area contributed by atoms with Crippen LogP contribution in [0.3, 0.4) is 0 Å². The van der Waals surface area contributed by atoms with E-state index in [1.54, 1.807) is 0 Å². The van der Waals surface area contributed by atoms with Crippen LogP contribution < -0.4 is 0 Å². The Morgan fingerprint density at radius 2 is 2.47 bits per heavy atom. The first kappa shape index (κ1) is 12.6. The van der Waals surface area contributed by atoms with Gasteiger partial charge in [0, 0.05) is 36.5 Å². The number of nitrogens with zero attached hydrogens (tertiary/aromatic N) is 2. The molecule has 0 radical (unpaired) electrons. The molecule has 2 rings (SSSR count). The molecule has 0 aliphatic carbocycles. The summed E-state index contributed by atoms with van der Waals surface area (Å²) in [4.78, 5) is 13.8. The van der Waals surface area contributed by atoms with Crippen molar-refractivity contribution in [2.45, 2.75) is 32.7 Å². The van der Waals surface area contributed by atoms with Gasteiger partial charge in [-0.3, -0.25) is 9.89 Å². The number of aromatic amines is 1. The van der Waals surface area contributed by atoms with Gasteiger partial charge in [0.1, 0.15) is 0 Å². The molecule has 1 N–H and O–H groups in total. The summed E-state index contributed by atoms with van der Waals surface area (Å²) >= 11 is 3.45. The second kappa shape index (κ2) is 5.21. The Hall–Kier alpha value is -0.840. The van der Waals surface area contributed by atoms with Gasteiger partial charge in [0.15, 0.2) is 0 Å². The Kier molecular flexibility index (Phi) is 3.86. The molecule has 4 nitrogen and oxygen atoms in total. The third-order valence-corrected chi connectivity index (χ3v) is 4.17. The minimum Gasteiger partial charge on any atom is -0.339 e. The van der Waals surface area contributed by atoms with Crippen LogP contribution >= 0.6 is 15.9 Å². The molecule has 0 bridgehead atoms. The summed E-state index contributed by atoms with van der Waals surface area (Å²) in [6, 6.07) is 2.27. The second-order valence-corrected chi connectivity index (χ2v) is 5.51. The van der Waals surface area contributed by atoms with Gasteiger partial charge in [0.05, 0.1) is 5.69 Å². The van der Waals surface area contributed by atoms with Gasteiger partial charge in [-0.2, -0.15) is 5.10 Å². The van der Waals surface area contributed by atoms with Crippen molar-refractivity contribution in [3.63, 3.8) is 0 Å². The Balaban J connectivity index is 1.96. The molecule has 94 valence electrons. The number of alkyl halides is 1. The molecular formula is C12H18BrN3O. The Labute approximate surface area is 110 Å². The molecule has 1 amide bonds. The largest absolute Gasteiger partial charge is 0.339 e. The van der Waals surface area contributed by atoms with Crippen LogP contribution in [0.2, 0.25) is 0 Å². The topological polar surface area (TPSA) is 49.0 Å². The molecule has 0 saturated carbocycles. The maximum Gasteiger partial charge on any atom is 0.223 e. The van der Waals surface area contributed by atoms with E-state index in [9.17, 15) is 4.79 Å². The van der Waals surface area contributed by atoms with Crippen molar-refractivity contribution in [3.05, 3.63) is 17.5 Å². The minimum atomic E-state index is 0.231. The highest BCUT2D eigenvalue weighted by Crippen LogP contribution is 2.22. The Morgan fingerprint density at radius 3 is 3.00 bits per heavy atom. The SMILES string of the molecule is Cc1cc(CC(C)N2CC(CBr)CC2=O)n[nH]1. The first-order valence-corrected chi connectivity index (χ1v) is 7.08. The van der Waals surface area contributed by atoms with Gasteiger partial charge < -0.3 is 4.90 Å². The van der Waals surface area contributed by atoms with E-state index in [-0.39, 0.29) is 11.9 Å². The number of aromatic nitrogens is 2. The van der Waals surface area contributed by atoms with E-state index in [0.29, 0.717) is 12.3 Å². The van der Waals surface area contributed by atoms with Crippen LogP contribution in [0.5, 0.6) is 0 Å². The number of halogens is 1. The molecule has 1 aromatic heterocycles. The van der Waals surface area contributed by atoms with Crippen molar-refractivity contribution < 1.29 is 4.79 Å². The summed E-state index contributed by atoms with van der Waals surface area (Å²) in [5.74, 6) is 0.736. The zero-order valence-corrected chi connectivity index (χ0v) is 11.8. The van der Waals surface area contributed by atoms with Gasteiger partial charge in [-0.25, -0.2) is 0 Å². The lowest BCUT2D eigenvalue weighted by Gasteiger charge is -2.24. The molecule has 1 aliphatic heterocycles. The predicted octanol–water partition coefficient (Wildman–Crippen LogP) is 1.89. The van der Waals surface area contributed by atoms with Crippen LogP contribution in [0.15, 0.2) is 6.07 Å². The first-order valence-electron chi connectivity index (χ1n) is 5.96.